The molecule has 5 heteroatoms. The predicted octanol–water partition coefficient (Wildman–Crippen LogP) is 3.04. The normalized spacial score (nSPS) is 17.6. The number of primary amides is 1. The smallest absolute Gasteiger partial charge is 0.409 e. The molecule has 92 valence electrons. The first-order chi connectivity index (χ1) is 7.85. The van der Waals surface area contributed by atoms with Gasteiger partial charge in [-0.05, 0) is 25.0 Å². The summed E-state index contributed by atoms with van der Waals surface area (Å²) in [5.74, 6) is -2.87. The summed E-state index contributed by atoms with van der Waals surface area (Å²) in [5, 5.41) is 0. The van der Waals surface area contributed by atoms with E-state index in [4.69, 9.17) is 5.73 Å². The van der Waals surface area contributed by atoms with Crippen LogP contribution in [0.5, 0.6) is 5.75 Å². The lowest BCUT2D eigenvalue weighted by Crippen LogP contribution is -2.25. The van der Waals surface area contributed by atoms with Crippen LogP contribution in [-0.2, 0) is 5.92 Å². The lowest BCUT2D eigenvalue weighted by molar-refractivity contribution is -0.0725. The topological polar surface area (TPSA) is 52.3 Å². The van der Waals surface area contributed by atoms with Gasteiger partial charge in [-0.3, -0.25) is 0 Å². The molecule has 0 bridgehead atoms. The molecule has 1 aliphatic rings. The van der Waals surface area contributed by atoms with Gasteiger partial charge in [-0.25, -0.2) is 13.6 Å². The molecule has 3 nitrogen and oxygen atoms in total. The highest BCUT2D eigenvalue weighted by atomic mass is 19.3. The summed E-state index contributed by atoms with van der Waals surface area (Å²) in [6.07, 6.45) is -0.00922. The summed E-state index contributed by atoms with van der Waals surface area (Å²) in [4.78, 5) is 10.6. The number of rotatable bonds is 3. The number of amides is 1. The Morgan fingerprint density at radius 3 is 2.65 bits per heavy atom. The van der Waals surface area contributed by atoms with Crippen molar-refractivity contribution in [1.82, 2.24) is 0 Å². The average molecular weight is 241 g/mol. The number of halogens is 2. The molecule has 1 fully saturated rings. The highest BCUT2D eigenvalue weighted by Gasteiger charge is 2.59. The van der Waals surface area contributed by atoms with Crippen LogP contribution < -0.4 is 10.5 Å². The molecular formula is C12H13F2NO2. The third kappa shape index (κ3) is 2.09. The highest BCUT2D eigenvalue weighted by molar-refractivity contribution is 5.68. The molecule has 0 radical (unpaired) electrons. The van der Waals surface area contributed by atoms with E-state index in [2.05, 4.69) is 4.74 Å². The van der Waals surface area contributed by atoms with Crippen molar-refractivity contribution in [3.63, 3.8) is 0 Å². The second-order valence-electron chi connectivity index (χ2n) is 4.58. The third-order valence-corrected chi connectivity index (χ3v) is 3.17. The molecular weight excluding hydrogens is 228 g/mol. The fourth-order valence-corrected chi connectivity index (χ4v) is 1.72. The Morgan fingerprint density at radius 2 is 2.12 bits per heavy atom. The number of hydrogen-bond donors (Lipinski definition) is 1. The fourth-order valence-electron chi connectivity index (χ4n) is 1.72. The SMILES string of the molecule is CC1(C(F)(F)c2cccc(OC(N)=O)c2)CC1. The molecule has 0 heterocycles. The maximum absolute atomic E-state index is 14.1. The zero-order valence-corrected chi connectivity index (χ0v) is 9.37. The number of ether oxygens (including phenoxy) is 1. The molecule has 1 aromatic carbocycles. The van der Waals surface area contributed by atoms with E-state index in [9.17, 15) is 13.6 Å². The molecule has 2 N–H and O–H groups in total. The second kappa shape index (κ2) is 3.68. The van der Waals surface area contributed by atoms with Gasteiger partial charge in [0.2, 0.25) is 0 Å². The molecule has 0 aromatic heterocycles. The van der Waals surface area contributed by atoms with Gasteiger partial charge in [0.25, 0.3) is 5.92 Å². The molecule has 0 saturated heterocycles. The summed E-state index contributed by atoms with van der Waals surface area (Å²) in [6, 6.07) is 5.33. The first-order valence-corrected chi connectivity index (χ1v) is 5.31. The summed E-state index contributed by atoms with van der Waals surface area (Å²) in [6.45, 7) is 1.55. The number of carbonyl (C=O) groups excluding carboxylic acids is 1. The van der Waals surface area contributed by atoms with Gasteiger partial charge in [0.15, 0.2) is 0 Å². The van der Waals surface area contributed by atoms with Crippen LogP contribution in [0.15, 0.2) is 24.3 Å². The molecule has 1 aliphatic carbocycles. The molecule has 1 amide bonds. The second-order valence-corrected chi connectivity index (χ2v) is 4.58. The van der Waals surface area contributed by atoms with Crippen LogP contribution in [0.2, 0.25) is 0 Å². The molecule has 1 aromatic rings. The lowest BCUT2D eigenvalue weighted by Gasteiger charge is -2.23. The molecule has 17 heavy (non-hydrogen) atoms. The number of hydrogen-bond acceptors (Lipinski definition) is 2. The van der Waals surface area contributed by atoms with E-state index < -0.39 is 17.4 Å². The maximum Gasteiger partial charge on any atom is 0.409 e. The Labute approximate surface area is 97.6 Å². The van der Waals surface area contributed by atoms with Crippen LogP contribution in [0.3, 0.4) is 0 Å². The van der Waals surface area contributed by atoms with E-state index in [0.717, 1.165) is 6.07 Å². The maximum atomic E-state index is 14.1. The number of nitrogens with two attached hydrogens (primary N) is 1. The van der Waals surface area contributed by atoms with Crippen molar-refractivity contribution in [3.05, 3.63) is 29.8 Å². The van der Waals surface area contributed by atoms with E-state index in [1.54, 1.807) is 6.92 Å². The Balaban J connectivity index is 2.30. The highest BCUT2D eigenvalue weighted by Crippen LogP contribution is 2.61. The van der Waals surface area contributed by atoms with Crippen molar-refractivity contribution in [2.45, 2.75) is 25.7 Å². The van der Waals surface area contributed by atoms with Gasteiger partial charge in [-0.15, -0.1) is 0 Å². The average Bonchev–Trinajstić information content (AvgIpc) is 2.97. The van der Waals surface area contributed by atoms with Crippen molar-refractivity contribution in [2.24, 2.45) is 11.1 Å². The monoisotopic (exact) mass is 241 g/mol. The number of carbonyl (C=O) groups is 1. The van der Waals surface area contributed by atoms with Crippen LogP contribution in [-0.4, -0.2) is 6.09 Å². The molecule has 1 saturated carbocycles. The Hall–Kier alpha value is -1.65. The summed E-state index contributed by atoms with van der Waals surface area (Å²) < 4.78 is 32.7. The van der Waals surface area contributed by atoms with Gasteiger partial charge in [0.1, 0.15) is 5.75 Å². The number of alkyl halides is 2. The Kier molecular flexibility index (Phi) is 2.56. The minimum Gasteiger partial charge on any atom is -0.410 e. The van der Waals surface area contributed by atoms with Crippen LogP contribution in [0, 0.1) is 5.41 Å². The van der Waals surface area contributed by atoms with E-state index in [0.29, 0.717) is 12.8 Å². The summed E-state index contributed by atoms with van der Waals surface area (Å²) >= 11 is 0. The predicted molar refractivity (Wildman–Crippen MR) is 57.9 cm³/mol. The molecule has 0 atom stereocenters. The Bertz CT molecular complexity index is 456. The summed E-state index contributed by atoms with van der Waals surface area (Å²) in [5.41, 5.74) is 3.72. The summed E-state index contributed by atoms with van der Waals surface area (Å²) in [7, 11) is 0. The van der Waals surface area contributed by atoms with Crippen LogP contribution >= 0.6 is 0 Å². The first kappa shape index (κ1) is 11.8. The zero-order chi connectivity index (χ0) is 12.7. The zero-order valence-electron chi connectivity index (χ0n) is 9.37. The van der Waals surface area contributed by atoms with E-state index in [1.165, 1.54) is 18.2 Å². The van der Waals surface area contributed by atoms with Gasteiger partial charge in [-0.1, -0.05) is 19.1 Å². The van der Waals surface area contributed by atoms with Crippen molar-refractivity contribution in [3.8, 4) is 5.75 Å². The van der Waals surface area contributed by atoms with Crippen molar-refractivity contribution < 1.29 is 18.3 Å². The van der Waals surface area contributed by atoms with Gasteiger partial charge < -0.3 is 10.5 Å². The van der Waals surface area contributed by atoms with Gasteiger partial charge >= 0.3 is 6.09 Å². The van der Waals surface area contributed by atoms with Crippen molar-refractivity contribution >= 4 is 6.09 Å². The molecule has 0 unspecified atom stereocenters. The minimum absolute atomic E-state index is 0.0407. The molecule has 0 spiro atoms. The minimum atomic E-state index is -2.91. The third-order valence-electron chi connectivity index (χ3n) is 3.17. The van der Waals surface area contributed by atoms with Crippen molar-refractivity contribution in [2.75, 3.05) is 0 Å². The number of benzene rings is 1. The van der Waals surface area contributed by atoms with Crippen LogP contribution in [0.25, 0.3) is 0 Å². The van der Waals surface area contributed by atoms with E-state index >= 15 is 0 Å². The van der Waals surface area contributed by atoms with Gasteiger partial charge in [0, 0.05) is 11.0 Å². The van der Waals surface area contributed by atoms with Crippen molar-refractivity contribution in [1.29, 1.82) is 0 Å². The first-order valence-electron chi connectivity index (χ1n) is 5.31. The van der Waals surface area contributed by atoms with E-state index in [-0.39, 0.29) is 11.3 Å². The Morgan fingerprint density at radius 1 is 1.47 bits per heavy atom. The van der Waals surface area contributed by atoms with E-state index in [1.807, 2.05) is 0 Å². The van der Waals surface area contributed by atoms with Crippen LogP contribution in [0.1, 0.15) is 25.3 Å². The standard InChI is InChI=1S/C12H13F2NO2/c1-11(5-6-11)12(13,14)8-3-2-4-9(7-8)17-10(15)16/h2-4,7H,5-6H2,1H3,(H2,15,16). The fraction of sp³-hybridized carbons (Fsp3) is 0.417. The molecule has 2 rings (SSSR count). The van der Waals surface area contributed by atoms with Gasteiger partial charge in [0.05, 0.1) is 0 Å². The largest absolute Gasteiger partial charge is 0.410 e. The molecule has 0 aliphatic heterocycles. The van der Waals surface area contributed by atoms with Crippen LogP contribution in [0.4, 0.5) is 13.6 Å². The quantitative estimate of drug-likeness (QED) is 0.884. The van der Waals surface area contributed by atoms with Gasteiger partial charge in [-0.2, -0.15) is 0 Å². The lowest BCUT2D eigenvalue weighted by atomic mass is 9.93.